The normalized spacial score (nSPS) is 11.4. The van der Waals surface area contributed by atoms with Crippen LogP contribution in [0, 0.1) is 34.6 Å². The molecule has 5 nitrogen and oxygen atoms in total. The first kappa shape index (κ1) is 15.6. The van der Waals surface area contributed by atoms with Gasteiger partial charge in [-0.05, 0) is 40.7 Å². The number of benzene rings is 1. The summed E-state index contributed by atoms with van der Waals surface area (Å²) < 4.78 is 3.83. The Labute approximate surface area is 147 Å². The molecule has 0 aliphatic rings. The van der Waals surface area contributed by atoms with Crippen molar-refractivity contribution in [1.29, 1.82) is 0 Å². The predicted molar refractivity (Wildman–Crippen MR) is 99.2 cm³/mol. The van der Waals surface area contributed by atoms with Crippen LogP contribution in [0.3, 0.4) is 0 Å². The first-order valence-corrected chi connectivity index (χ1v) is 8.41. The largest absolute Gasteiger partial charge is 0.233 e. The third kappa shape index (κ3) is 2.52. The van der Waals surface area contributed by atoms with E-state index in [1.165, 1.54) is 5.56 Å². The average molecular weight is 331 g/mol. The van der Waals surface area contributed by atoms with Crippen LogP contribution in [0.5, 0.6) is 0 Å². The predicted octanol–water partition coefficient (Wildman–Crippen LogP) is 4.12. The molecule has 0 saturated heterocycles. The zero-order valence-electron chi connectivity index (χ0n) is 15.2. The second kappa shape index (κ2) is 5.55. The van der Waals surface area contributed by atoms with Gasteiger partial charge >= 0.3 is 0 Å². The first-order chi connectivity index (χ1) is 11.9. The maximum atomic E-state index is 4.87. The Morgan fingerprint density at radius 3 is 2.16 bits per heavy atom. The second-order valence-electron chi connectivity index (χ2n) is 6.67. The monoisotopic (exact) mass is 331 g/mol. The van der Waals surface area contributed by atoms with Gasteiger partial charge in [0, 0.05) is 28.6 Å². The summed E-state index contributed by atoms with van der Waals surface area (Å²) in [6.45, 7) is 10.2. The van der Waals surface area contributed by atoms with Gasteiger partial charge in [0.2, 0.25) is 0 Å². The first-order valence-electron chi connectivity index (χ1n) is 8.41. The summed E-state index contributed by atoms with van der Waals surface area (Å²) in [6.07, 6.45) is 0. The van der Waals surface area contributed by atoms with Crippen molar-refractivity contribution in [1.82, 2.24) is 24.4 Å². The average Bonchev–Trinajstić information content (AvgIpc) is 3.07. The Morgan fingerprint density at radius 1 is 0.800 bits per heavy atom. The third-order valence-corrected chi connectivity index (χ3v) is 4.48. The van der Waals surface area contributed by atoms with Crippen molar-refractivity contribution < 1.29 is 0 Å². The molecule has 0 spiro atoms. The van der Waals surface area contributed by atoms with E-state index in [0.29, 0.717) is 0 Å². The van der Waals surface area contributed by atoms with Crippen molar-refractivity contribution >= 4 is 5.65 Å². The van der Waals surface area contributed by atoms with Crippen LogP contribution in [-0.2, 0) is 0 Å². The molecule has 1 aromatic carbocycles. The third-order valence-electron chi connectivity index (χ3n) is 4.48. The molecule has 0 atom stereocenters. The summed E-state index contributed by atoms with van der Waals surface area (Å²) in [6, 6.07) is 12.5. The van der Waals surface area contributed by atoms with E-state index in [1.807, 2.05) is 29.1 Å². The topological polar surface area (TPSA) is 48.0 Å². The Morgan fingerprint density at radius 2 is 1.52 bits per heavy atom. The fraction of sp³-hybridized carbons (Fsp3) is 0.250. The van der Waals surface area contributed by atoms with E-state index in [-0.39, 0.29) is 0 Å². The second-order valence-corrected chi connectivity index (χ2v) is 6.67. The molecule has 0 bridgehead atoms. The molecule has 3 heterocycles. The van der Waals surface area contributed by atoms with Crippen molar-refractivity contribution in [3.8, 4) is 17.1 Å². The summed E-state index contributed by atoms with van der Waals surface area (Å²) in [4.78, 5) is 4.72. The molecule has 3 aromatic heterocycles. The van der Waals surface area contributed by atoms with Gasteiger partial charge in [-0.25, -0.2) is 9.67 Å². The van der Waals surface area contributed by atoms with Crippen LogP contribution >= 0.6 is 0 Å². The van der Waals surface area contributed by atoms with Gasteiger partial charge < -0.3 is 0 Å². The van der Waals surface area contributed by atoms with E-state index in [4.69, 9.17) is 10.1 Å². The minimum atomic E-state index is 0.873. The SMILES string of the molecule is Cc1ccc(-c2nn3c(-n4nc(C)cc4C)cc(C)nc3c2C)cc1. The molecule has 0 saturated carbocycles. The maximum absolute atomic E-state index is 4.87. The van der Waals surface area contributed by atoms with E-state index in [0.717, 1.165) is 45.4 Å². The lowest BCUT2D eigenvalue weighted by atomic mass is 10.1. The molecule has 0 fully saturated rings. The van der Waals surface area contributed by atoms with Gasteiger partial charge in [-0.15, -0.1) is 0 Å². The summed E-state index contributed by atoms with van der Waals surface area (Å²) in [5.41, 5.74) is 8.27. The molecule has 4 aromatic rings. The quantitative estimate of drug-likeness (QED) is 0.555. The zero-order chi connectivity index (χ0) is 17.7. The molecule has 0 amide bonds. The summed E-state index contributed by atoms with van der Waals surface area (Å²) in [7, 11) is 0. The van der Waals surface area contributed by atoms with Gasteiger partial charge in [-0.2, -0.15) is 14.7 Å². The number of hydrogen-bond donors (Lipinski definition) is 0. The lowest BCUT2D eigenvalue weighted by Gasteiger charge is -2.08. The number of aromatic nitrogens is 5. The van der Waals surface area contributed by atoms with Gasteiger partial charge in [-0.1, -0.05) is 29.8 Å². The summed E-state index contributed by atoms with van der Waals surface area (Å²) in [5.74, 6) is 0.912. The van der Waals surface area contributed by atoms with Crippen molar-refractivity contribution in [2.24, 2.45) is 0 Å². The van der Waals surface area contributed by atoms with Crippen molar-refractivity contribution in [2.45, 2.75) is 34.6 Å². The molecule has 126 valence electrons. The lowest BCUT2D eigenvalue weighted by Crippen LogP contribution is -2.08. The van der Waals surface area contributed by atoms with Crippen LogP contribution in [0.25, 0.3) is 22.7 Å². The Bertz CT molecular complexity index is 1080. The Kier molecular flexibility index (Phi) is 3.46. The van der Waals surface area contributed by atoms with Gasteiger partial charge in [0.25, 0.3) is 0 Å². The van der Waals surface area contributed by atoms with Crippen LogP contribution in [0.15, 0.2) is 36.4 Å². The number of rotatable bonds is 2. The van der Waals surface area contributed by atoms with Crippen molar-refractivity contribution in [2.75, 3.05) is 0 Å². The number of hydrogen-bond acceptors (Lipinski definition) is 3. The molecule has 25 heavy (non-hydrogen) atoms. The summed E-state index contributed by atoms with van der Waals surface area (Å²) in [5, 5.41) is 9.50. The minimum absolute atomic E-state index is 0.873. The highest BCUT2D eigenvalue weighted by atomic mass is 15.4. The van der Waals surface area contributed by atoms with Crippen molar-refractivity contribution in [3.63, 3.8) is 0 Å². The molecule has 0 radical (unpaired) electrons. The minimum Gasteiger partial charge on any atom is -0.233 e. The fourth-order valence-electron chi connectivity index (χ4n) is 3.22. The molecule has 0 aliphatic heterocycles. The van der Waals surface area contributed by atoms with Crippen LogP contribution < -0.4 is 0 Å². The highest BCUT2D eigenvalue weighted by molar-refractivity contribution is 5.71. The lowest BCUT2D eigenvalue weighted by molar-refractivity contribution is 0.753. The van der Waals surface area contributed by atoms with E-state index in [9.17, 15) is 0 Å². The van der Waals surface area contributed by atoms with Gasteiger partial charge in [0.1, 0.15) is 0 Å². The van der Waals surface area contributed by atoms with Gasteiger partial charge in [-0.3, -0.25) is 0 Å². The number of aryl methyl sites for hydroxylation is 5. The molecular weight excluding hydrogens is 310 g/mol. The Balaban J connectivity index is 2.01. The molecular formula is C20H21N5. The van der Waals surface area contributed by atoms with E-state index < -0.39 is 0 Å². The zero-order valence-corrected chi connectivity index (χ0v) is 15.2. The highest BCUT2D eigenvalue weighted by Gasteiger charge is 2.17. The van der Waals surface area contributed by atoms with E-state index in [2.05, 4.69) is 56.2 Å². The molecule has 5 heteroatoms. The van der Waals surface area contributed by atoms with Crippen LogP contribution in [0.4, 0.5) is 0 Å². The molecule has 0 aliphatic carbocycles. The smallest absolute Gasteiger partial charge is 0.161 e. The van der Waals surface area contributed by atoms with E-state index >= 15 is 0 Å². The van der Waals surface area contributed by atoms with Crippen molar-refractivity contribution in [3.05, 3.63) is 64.6 Å². The van der Waals surface area contributed by atoms with Gasteiger partial charge in [0.15, 0.2) is 11.5 Å². The summed E-state index contributed by atoms with van der Waals surface area (Å²) >= 11 is 0. The number of fused-ring (bicyclic) bond motifs is 1. The Hall–Kier alpha value is -2.95. The molecule has 0 N–H and O–H groups in total. The standard InChI is InChI=1S/C20H21N5/c1-12-6-8-17(9-7-12)19-16(5)20-21-13(2)11-18(25(20)23-19)24-15(4)10-14(3)22-24/h6-11H,1-5H3. The highest BCUT2D eigenvalue weighted by Crippen LogP contribution is 2.27. The van der Waals surface area contributed by atoms with E-state index in [1.54, 1.807) is 0 Å². The maximum Gasteiger partial charge on any atom is 0.161 e. The van der Waals surface area contributed by atoms with Gasteiger partial charge in [0.05, 0.1) is 11.4 Å². The fourth-order valence-corrected chi connectivity index (χ4v) is 3.22. The molecule has 4 rings (SSSR count). The number of nitrogens with zero attached hydrogens (tertiary/aromatic N) is 5. The van der Waals surface area contributed by atoms with Crippen LogP contribution in [-0.4, -0.2) is 24.4 Å². The van der Waals surface area contributed by atoms with Crippen LogP contribution in [0.2, 0.25) is 0 Å². The molecule has 0 unspecified atom stereocenters. The van der Waals surface area contributed by atoms with Crippen LogP contribution in [0.1, 0.15) is 28.2 Å².